The second kappa shape index (κ2) is 7.32. The lowest BCUT2D eigenvalue weighted by Gasteiger charge is -2.27. The highest BCUT2D eigenvalue weighted by atomic mass is 16.4. The van der Waals surface area contributed by atoms with Crippen LogP contribution in [0.5, 0.6) is 0 Å². The van der Waals surface area contributed by atoms with Crippen LogP contribution in [0.25, 0.3) is 0 Å². The fourth-order valence-corrected chi connectivity index (χ4v) is 3.23. The summed E-state index contributed by atoms with van der Waals surface area (Å²) < 4.78 is 10.8. The van der Waals surface area contributed by atoms with Gasteiger partial charge in [0, 0.05) is 27.1 Å². The summed E-state index contributed by atoms with van der Waals surface area (Å²) in [6.07, 6.45) is 2.42. The molecule has 0 spiro atoms. The molecule has 1 aliphatic heterocycles. The predicted octanol–water partition coefficient (Wildman–Crippen LogP) is 2.20. The zero-order chi connectivity index (χ0) is 18.8. The Hall–Kier alpha value is -3.00. The summed E-state index contributed by atoms with van der Waals surface area (Å²) in [7, 11) is 1.66. The summed E-state index contributed by atoms with van der Waals surface area (Å²) in [5.41, 5.74) is 3.01. The number of carbonyl (C=O) groups is 1. The van der Waals surface area contributed by atoms with Crippen molar-refractivity contribution >= 4 is 5.91 Å². The molecule has 0 bridgehead atoms. The SMILES string of the molecule is Cc1nnc(CN(C)C(=O)c2coc(CN3CCc4ccccc4C3)n2)o1. The van der Waals surface area contributed by atoms with E-state index in [1.54, 1.807) is 14.0 Å². The Balaban J connectivity index is 1.37. The molecule has 8 nitrogen and oxygen atoms in total. The number of hydrogen-bond acceptors (Lipinski definition) is 7. The van der Waals surface area contributed by atoms with Gasteiger partial charge in [-0.1, -0.05) is 24.3 Å². The second-order valence-corrected chi connectivity index (χ2v) is 6.73. The predicted molar refractivity (Wildman–Crippen MR) is 95.6 cm³/mol. The minimum absolute atomic E-state index is 0.227. The fourth-order valence-electron chi connectivity index (χ4n) is 3.23. The van der Waals surface area contributed by atoms with E-state index in [2.05, 4.69) is 44.3 Å². The molecule has 27 heavy (non-hydrogen) atoms. The molecule has 2 aromatic heterocycles. The zero-order valence-electron chi connectivity index (χ0n) is 15.4. The fraction of sp³-hybridized carbons (Fsp3) is 0.368. The van der Waals surface area contributed by atoms with E-state index >= 15 is 0 Å². The first-order chi connectivity index (χ1) is 13.1. The van der Waals surface area contributed by atoms with Crippen LogP contribution in [0.3, 0.4) is 0 Å². The van der Waals surface area contributed by atoms with Crippen molar-refractivity contribution in [3.8, 4) is 0 Å². The molecule has 0 fully saturated rings. The third-order valence-electron chi connectivity index (χ3n) is 4.63. The van der Waals surface area contributed by atoms with E-state index in [4.69, 9.17) is 8.83 Å². The summed E-state index contributed by atoms with van der Waals surface area (Å²) >= 11 is 0. The lowest BCUT2D eigenvalue weighted by molar-refractivity contribution is 0.0766. The molecule has 1 aromatic carbocycles. The van der Waals surface area contributed by atoms with E-state index in [-0.39, 0.29) is 18.1 Å². The third kappa shape index (κ3) is 3.90. The van der Waals surface area contributed by atoms with Crippen molar-refractivity contribution < 1.29 is 13.6 Å². The Morgan fingerprint density at radius 1 is 1.22 bits per heavy atom. The van der Waals surface area contributed by atoms with Gasteiger partial charge in [-0.25, -0.2) is 4.98 Å². The van der Waals surface area contributed by atoms with Crippen LogP contribution in [-0.2, 0) is 26.1 Å². The first kappa shape index (κ1) is 17.4. The summed E-state index contributed by atoms with van der Waals surface area (Å²) in [5, 5.41) is 7.66. The molecule has 3 aromatic rings. The van der Waals surface area contributed by atoms with Crippen molar-refractivity contribution in [3.05, 3.63) is 65.0 Å². The first-order valence-electron chi connectivity index (χ1n) is 8.86. The van der Waals surface area contributed by atoms with Crippen molar-refractivity contribution in [2.45, 2.75) is 33.0 Å². The van der Waals surface area contributed by atoms with Crippen LogP contribution in [0.2, 0.25) is 0 Å². The van der Waals surface area contributed by atoms with E-state index in [0.29, 0.717) is 24.2 Å². The third-order valence-corrected chi connectivity index (χ3v) is 4.63. The molecule has 0 unspecified atom stereocenters. The number of hydrogen-bond donors (Lipinski definition) is 0. The number of carbonyl (C=O) groups excluding carboxylic acids is 1. The first-order valence-corrected chi connectivity index (χ1v) is 8.86. The van der Waals surface area contributed by atoms with Crippen LogP contribution in [-0.4, -0.2) is 44.5 Å². The van der Waals surface area contributed by atoms with Gasteiger partial charge in [0.2, 0.25) is 17.7 Å². The van der Waals surface area contributed by atoms with Gasteiger partial charge in [-0.2, -0.15) is 0 Å². The molecule has 1 amide bonds. The van der Waals surface area contributed by atoms with Gasteiger partial charge in [0.25, 0.3) is 5.91 Å². The highest BCUT2D eigenvalue weighted by molar-refractivity contribution is 5.91. The van der Waals surface area contributed by atoms with E-state index in [1.165, 1.54) is 22.3 Å². The number of oxazole rings is 1. The molecule has 0 saturated carbocycles. The topological polar surface area (TPSA) is 88.5 Å². The molecule has 0 radical (unpaired) electrons. The van der Waals surface area contributed by atoms with Crippen molar-refractivity contribution in [1.29, 1.82) is 0 Å². The van der Waals surface area contributed by atoms with Gasteiger partial charge in [-0.3, -0.25) is 9.69 Å². The standard InChI is InChI=1S/C19H21N5O3/c1-13-21-22-18(27-13)10-23(2)19(25)16-12-26-17(20-16)11-24-8-7-14-5-3-4-6-15(14)9-24/h3-6,12H,7-11H2,1-2H3. The Labute approximate surface area is 156 Å². The molecule has 8 heteroatoms. The number of aryl methyl sites for hydroxylation is 1. The lowest BCUT2D eigenvalue weighted by atomic mass is 10.00. The Morgan fingerprint density at radius 3 is 2.81 bits per heavy atom. The van der Waals surface area contributed by atoms with Gasteiger partial charge in [-0.15, -0.1) is 10.2 Å². The molecule has 0 aliphatic carbocycles. The maximum absolute atomic E-state index is 12.5. The van der Waals surface area contributed by atoms with Gasteiger partial charge in [0.05, 0.1) is 13.1 Å². The average Bonchev–Trinajstić information content (AvgIpc) is 3.30. The van der Waals surface area contributed by atoms with Crippen molar-refractivity contribution in [2.75, 3.05) is 13.6 Å². The number of aromatic nitrogens is 3. The molecule has 0 saturated heterocycles. The van der Waals surface area contributed by atoms with E-state index < -0.39 is 0 Å². The quantitative estimate of drug-likeness (QED) is 0.683. The van der Waals surface area contributed by atoms with E-state index in [9.17, 15) is 4.79 Å². The normalized spacial score (nSPS) is 14.1. The van der Waals surface area contributed by atoms with Gasteiger partial charge in [0.15, 0.2) is 5.69 Å². The van der Waals surface area contributed by atoms with Crippen molar-refractivity contribution in [3.63, 3.8) is 0 Å². The highest BCUT2D eigenvalue weighted by Gasteiger charge is 2.21. The summed E-state index contributed by atoms with van der Waals surface area (Å²) in [6, 6.07) is 8.47. The van der Waals surface area contributed by atoms with Crippen LogP contribution < -0.4 is 0 Å². The van der Waals surface area contributed by atoms with Crippen LogP contribution >= 0.6 is 0 Å². The Kier molecular flexibility index (Phi) is 4.72. The van der Waals surface area contributed by atoms with Crippen LogP contribution in [0.1, 0.15) is 39.3 Å². The number of benzene rings is 1. The molecule has 1 aliphatic rings. The maximum atomic E-state index is 12.5. The largest absolute Gasteiger partial charge is 0.447 e. The number of rotatable bonds is 5. The minimum Gasteiger partial charge on any atom is -0.447 e. The zero-order valence-corrected chi connectivity index (χ0v) is 15.4. The molecular formula is C19H21N5O3. The summed E-state index contributed by atoms with van der Waals surface area (Å²) in [5.74, 6) is 1.15. The van der Waals surface area contributed by atoms with Gasteiger partial charge < -0.3 is 13.7 Å². The molecular weight excluding hydrogens is 346 g/mol. The number of nitrogens with zero attached hydrogens (tertiary/aromatic N) is 5. The molecule has 0 atom stereocenters. The Bertz CT molecular complexity index is 948. The smallest absolute Gasteiger partial charge is 0.276 e. The van der Waals surface area contributed by atoms with Gasteiger partial charge >= 0.3 is 0 Å². The molecule has 4 rings (SSSR count). The summed E-state index contributed by atoms with van der Waals surface area (Å²) in [4.78, 5) is 20.6. The minimum atomic E-state index is -0.246. The van der Waals surface area contributed by atoms with E-state index in [0.717, 1.165) is 19.5 Å². The van der Waals surface area contributed by atoms with Gasteiger partial charge in [0.1, 0.15) is 6.26 Å². The number of fused-ring (bicyclic) bond motifs is 1. The average molecular weight is 367 g/mol. The second-order valence-electron chi connectivity index (χ2n) is 6.73. The Morgan fingerprint density at radius 2 is 2.04 bits per heavy atom. The van der Waals surface area contributed by atoms with Crippen LogP contribution in [0.4, 0.5) is 0 Å². The van der Waals surface area contributed by atoms with Crippen LogP contribution in [0.15, 0.2) is 39.4 Å². The highest BCUT2D eigenvalue weighted by Crippen LogP contribution is 2.20. The monoisotopic (exact) mass is 367 g/mol. The van der Waals surface area contributed by atoms with Crippen molar-refractivity contribution in [2.24, 2.45) is 0 Å². The van der Waals surface area contributed by atoms with Crippen LogP contribution in [0, 0.1) is 6.92 Å². The lowest BCUT2D eigenvalue weighted by Crippen LogP contribution is -2.30. The molecule has 3 heterocycles. The van der Waals surface area contributed by atoms with Gasteiger partial charge in [-0.05, 0) is 17.5 Å². The summed E-state index contributed by atoms with van der Waals surface area (Å²) in [6.45, 7) is 4.32. The maximum Gasteiger partial charge on any atom is 0.276 e. The van der Waals surface area contributed by atoms with E-state index in [1.807, 2.05) is 0 Å². The molecule has 0 N–H and O–H groups in total. The molecule has 140 valence electrons. The van der Waals surface area contributed by atoms with Crippen molar-refractivity contribution in [1.82, 2.24) is 25.0 Å². The number of amides is 1.